The number of carbonyl (C=O) groups is 1. The number of aryl methyl sites for hydroxylation is 2. The van der Waals surface area contributed by atoms with Gasteiger partial charge in [-0.15, -0.1) is 0 Å². The fraction of sp³-hybridized carbons (Fsp3) is 0.412. The fourth-order valence-electron chi connectivity index (χ4n) is 2.51. The van der Waals surface area contributed by atoms with E-state index >= 15 is 0 Å². The number of aliphatic carboxylic acids is 1. The smallest absolute Gasteiger partial charge is 0.303 e. The number of aromatic nitrogens is 2. The van der Waals surface area contributed by atoms with Gasteiger partial charge < -0.3 is 9.84 Å². The summed E-state index contributed by atoms with van der Waals surface area (Å²) in [7, 11) is 3.54. The molecule has 0 atom stereocenters. The molecule has 0 bridgehead atoms. The number of hydrogen-bond acceptors (Lipinski definition) is 3. The molecule has 1 heterocycles. The van der Waals surface area contributed by atoms with Gasteiger partial charge in [0.05, 0.1) is 12.8 Å². The Balaban J connectivity index is 2.48. The molecule has 0 amide bonds. The van der Waals surface area contributed by atoms with Crippen LogP contribution in [-0.4, -0.2) is 28.0 Å². The van der Waals surface area contributed by atoms with Gasteiger partial charge in [-0.25, -0.2) is 0 Å². The molecule has 2 aromatic rings. The molecule has 22 heavy (non-hydrogen) atoms. The number of hydrogen-bond donors (Lipinski definition) is 1. The molecule has 5 heteroatoms. The van der Waals surface area contributed by atoms with Crippen molar-refractivity contribution in [2.45, 2.75) is 32.6 Å². The zero-order chi connectivity index (χ0) is 16.3. The van der Waals surface area contributed by atoms with Crippen LogP contribution in [0.15, 0.2) is 24.4 Å². The Morgan fingerprint density at radius 1 is 1.36 bits per heavy atom. The van der Waals surface area contributed by atoms with Crippen molar-refractivity contribution in [3.8, 4) is 16.9 Å². The van der Waals surface area contributed by atoms with E-state index in [1.165, 1.54) is 0 Å². The van der Waals surface area contributed by atoms with Crippen LogP contribution in [0.25, 0.3) is 11.1 Å². The molecule has 1 aromatic heterocycles. The predicted molar refractivity (Wildman–Crippen MR) is 85.2 cm³/mol. The topological polar surface area (TPSA) is 64.3 Å². The Labute approximate surface area is 130 Å². The lowest BCUT2D eigenvalue weighted by molar-refractivity contribution is -0.136. The summed E-state index contributed by atoms with van der Waals surface area (Å²) in [6.45, 7) is 4.21. The first-order chi connectivity index (χ1) is 10.4. The van der Waals surface area contributed by atoms with Crippen molar-refractivity contribution < 1.29 is 14.6 Å². The molecule has 1 aromatic carbocycles. The summed E-state index contributed by atoms with van der Waals surface area (Å²) in [5.74, 6) is 0.277. The summed E-state index contributed by atoms with van der Waals surface area (Å²) < 4.78 is 7.27. The van der Waals surface area contributed by atoms with Gasteiger partial charge >= 0.3 is 5.97 Å². The molecular formula is C17H22N2O3. The van der Waals surface area contributed by atoms with E-state index in [1.807, 2.05) is 31.4 Å². The Hall–Kier alpha value is -2.30. The van der Waals surface area contributed by atoms with Crippen molar-refractivity contribution in [2.24, 2.45) is 7.05 Å². The summed E-state index contributed by atoms with van der Waals surface area (Å²) in [6.07, 6.45) is 2.60. The minimum atomic E-state index is -0.790. The summed E-state index contributed by atoms with van der Waals surface area (Å²) in [5.41, 5.74) is 3.99. The summed E-state index contributed by atoms with van der Waals surface area (Å²) >= 11 is 0. The van der Waals surface area contributed by atoms with Gasteiger partial charge in [0.1, 0.15) is 5.75 Å². The first-order valence-corrected chi connectivity index (χ1v) is 7.35. The van der Waals surface area contributed by atoms with Crippen molar-refractivity contribution >= 4 is 5.97 Å². The second-order valence-electron chi connectivity index (χ2n) is 5.68. The highest BCUT2D eigenvalue weighted by Gasteiger charge is 2.17. The average molecular weight is 302 g/mol. The molecule has 0 unspecified atom stereocenters. The molecule has 118 valence electrons. The number of methoxy groups -OCH3 is 1. The molecule has 0 saturated carbocycles. The van der Waals surface area contributed by atoms with Gasteiger partial charge in [0.15, 0.2) is 0 Å². The van der Waals surface area contributed by atoms with Crippen molar-refractivity contribution in [2.75, 3.05) is 7.11 Å². The van der Waals surface area contributed by atoms with Crippen molar-refractivity contribution in [1.29, 1.82) is 0 Å². The molecule has 0 spiro atoms. The minimum absolute atomic E-state index is 0.121. The molecule has 1 N–H and O–H groups in total. The van der Waals surface area contributed by atoms with Crippen LogP contribution in [0.1, 0.15) is 37.4 Å². The predicted octanol–water partition coefficient (Wildman–Crippen LogP) is 3.24. The van der Waals surface area contributed by atoms with Crippen LogP contribution in [0.3, 0.4) is 0 Å². The van der Waals surface area contributed by atoms with E-state index in [1.54, 1.807) is 11.8 Å². The third kappa shape index (κ3) is 3.47. The lowest BCUT2D eigenvalue weighted by atomic mass is 9.96. The van der Waals surface area contributed by atoms with Crippen LogP contribution in [-0.2, 0) is 18.3 Å². The zero-order valence-electron chi connectivity index (χ0n) is 13.5. The Morgan fingerprint density at radius 3 is 2.68 bits per heavy atom. The van der Waals surface area contributed by atoms with E-state index in [0.717, 1.165) is 28.1 Å². The molecule has 0 aliphatic rings. The number of nitrogens with zero attached hydrogens (tertiary/aromatic N) is 2. The minimum Gasteiger partial charge on any atom is -0.496 e. The number of rotatable bonds is 6. The SMILES string of the molecule is COc1ccc(CCC(=O)O)cc1-c1cn(C)nc1C(C)C. The van der Waals surface area contributed by atoms with Crippen molar-refractivity contribution in [3.63, 3.8) is 0 Å². The molecule has 0 fully saturated rings. The monoisotopic (exact) mass is 302 g/mol. The van der Waals surface area contributed by atoms with Gasteiger partial charge in [0.25, 0.3) is 0 Å². The Bertz CT molecular complexity index is 675. The highest BCUT2D eigenvalue weighted by molar-refractivity contribution is 5.73. The summed E-state index contributed by atoms with van der Waals surface area (Å²) in [5, 5.41) is 13.4. The van der Waals surface area contributed by atoms with Crippen LogP contribution < -0.4 is 4.74 Å². The lowest BCUT2D eigenvalue weighted by Crippen LogP contribution is -1.99. The quantitative estimate of drug-likeness (QED) is 0.889. The van der Waals surface area contributed by atoms with E-state index in [-0.39, 0.29) is 6.42 Å². The zero-order valence-corrected chi connectivity index (χ0v) is 13.5. The highest BCUT2D eigenvalue weighted by Crippen LogP contribution is 2.35. The van der Waals surface area contributed by atoms with Gasteiger partial charge in [0.2, 0.25) is 0 Å². The normalized spacial score (nSPS) is 11.0. The fourth-order valence-corrected chi connectivity index (χ4v) is 2.51. The number of carboxylic acid groups (broad SMARTS) is 1. The number of ether oxygens (including phenoxy) is 1. The molecule has 2 rings (SSSR count). The maximum absolute atomic E-state index is 10.8. The molecule has 0 radical (unpaired) electrons. The highest BCUT2D eigenvalue weighted by atomic mass is 16.5. The molecule has 0 aliphatic heterocycles. The number of carboxylic acids is 1. The largest absolute Gasteiger partial charge is 0.496 e. The maximum atomic E-state index is 10.8. The molecular weight excluding hydrogens is 280 g/mol. The third-order valence-electron chi connectivity index (χ3n) is 3.59. The third-order valence-corrected chi connectivity index (χ3v) is 3.59. The van der Waals surface area contributed by atoms with Gasteiger partial charge in [-0.05, 0) is 30.0 Å². The van der Waals surface area contributed by atoms with E-state index < -0.39 is 5.97 Å². The van der Waals surface area contributed by atoms with Gasteiger partial charge in [-0.1, -0.05) is 19.9 Å². The second-order valence-corrected chi connectivity index (χ2v) is 5.68. The molecule has 0 aliphatic carbocycles. The van der Waals surface area contributed by atoms with Gasteiger partial charge in [-0.2, -0.15) is 5.10 Å². The lowest BCUT2D eigenvalue weighted by Gasteiger charge is -2.12. The summed E-state index contributed by atoms with van der Waals surface area (Å²) in [6, 6.07) is 5.81. The van der Waals surface area contributed by atoms with Gasteiger partial charge in [0, 0.05) is 30.8 Å². The van der Waals surface area contributed by atoms with Crippen LogP contribution >= 0.6 is 0 Å². The van der Waals surface area contributed by atoms with E-state index in [2.05, 4.69) is 18.9 Å². The Kier molecular flexibility index (Phi) is 4.85. The standard InChI is InChI=1S/C17H22N2O3/c1-11(2)17-14(10-19(3)18-17)13-9-12(6-8-16(20)21)5-7-15(13)22-4/h5,7,9-11H,6,8H2,1-4H3,(H,20,21). The van der Waals surface area contributed by atoms with Crippen LogP contribution in [0, 0.1) is 0 Å². The molecule has 0 saturated heterocycles. The summed E-state index contributed by atoms with van der Waals surface area (Å²) in [4.78, 5) is 10.8. The van der Waals surface area contributed by atoms with Crippen molar-refractivity contribution in [1.82, 2.24) is 9.78 Å². The molecule has 5 nitrogen and oxygen atoms in total. The van der Waals surface area contributed by atoms with Crippen LogP contribution in [0.5, 0.6) is 5.75 Å². The van der Waals surface area contributed by atoms with Gasteiger partial charge in [-0.3, -0.25) is 9.48 Å². The first-order valence-electron chi connectivity index (χ1n) is 7.35. The van der Waals surface area contributed by atoms with E-state index in [4.69, 9.17) is 9.84 Å². The van der Waals surface area contributed by atoms with E-state index in [9.17, 15) is 4.79 Å². The second kappa shape index (κ2) is 6.64. The number of benzene rings is 1. The van der Waals surface area contributed by atoms with E-state index in [0.29, 0.717) is 12.3 Å². The van der Waals surface area contributed by atoms with Crippen molar-refractivity contribution in [3.05, 3.63) is 35.7 Å². The van der Waals surface area contributed by atoms with Crippen LogP contribution in [0.2, 0.25) is 0 Å². The maximum Gasteiger partial charge on any atom is 0.303 e. The van der Waals surface area contributed by atoms with Crippen LogP contribution in [0.4, 0.5) is 0 Å². The Morgan fingerprint density at radius 2 is 2.09 bits per heavy atom. The average Bonchev–Trinajstić information content (AvgIpc) is 2.87. The first kappa shape index (κ1) is 16.1.